The molecule has 6 nitrogen and oxygen atoms in total. The van der Waals surface area contributed by atoms with Gasteiger partial charge in [0.15, 0.2) is 5.84 Å². The van der Waals surface area contributed by atoms with Gasteiger partial charge in [0.05, 0.1) is 40.4 Å². The van der Waals surface area contributed by atoms with E-state index in [-0.39, 0.29) is 0 Å². The predicted octanol–water partition coefficient (Wildman–Crippen LogP) is 6.94. The number of allylic oxidation sites excluding steroid dienone is 5. The summed E-state index contributed by atoms with van der Waals surface area (Å²) < 4.78 is 12.5. The molecular formula is C34H23N5O. The largest absolute Gasteiger partial charge is 0.458 e. The smallest absolute Gasteiger partial charge is 0.244 e. The van der Waals surface area contributed by atoms with Crippen LogP contribution in [0.5, 0.6) is 11.5 Å². The Morgan fingerprint density at radius 3 is 2.50 bits per heavy atom. The van der Waals surface area contributed by atoms with Crippen molar-refractivity contribution in [1.82, 2.24) is 9.13 Å². The first-order valence-electron chi connectivity index (χ1n) is 12.9. The van der Waals surface area contributed by atoms with Crippen LogP contribution in [0.4, 0.5) is 0 Å². The third kappa shape index (κ3) is 3.89. The van der Waals surface area contributed by atoms with Crippen LogP contribution in [0.25, 0.3) is 38.5 Å². The van der Waals surface area contributed by atoms with E-state index in [0.717, 1.165) is 38.5 Å². The highest BCUT2D eigenvalue weighted by molar-refractivity contribution is 6.19. The zero-order valence-electron chi connectivity index (χ0n) is 21.7. The number of nitriles is 1. The first-order chi connectivity index (χ1) is 19.7. The van der Waals surface area contributed by atoms with Crippen molar-refractivity contribution in [2.24, 2.45) is 12.0 Å². The van der Waals surface area contributed by atoms with Crippen LogP contribution in [0.1, 0.15) is 0 Å². The monoisotopic (exact) mass is 517 g/mol. The van der Waals surface area contributed by atoms with E-state index in [1.807, 2.05) is 106 Å². The van der Waals surface area contributed by atoms with Gasteiger partial charge in [0, 0.05) is 23.0 Å². The Bertz CT molecular complexity index is 2110. The van der Waals surface area contributed by atoms with Gasteiger partial charge in [-0.05, 0) is 42.5 Å². The number of aliphatic imine (C=N–C) groups is 1. The van der Waals surface area contributed by atoms with Crippen LogP contribution in [0.2, 0.25) is 0 Å². The molecule has 0 saturated carbocycles. The summed E-state index contributed by atoms with van der Waals surface area (Å²) in [4.78, 5) is 4.67. The number of para-hydroxylation sites is 3. The summed E-state index contributed by atoms with van der Waals surface area (Å²) in [5, 5.41) is 12.1. The fourth-order valence-corrected chi connectivity index (χ4v) is 5.24. The van der Waals surface area contributed by atoms with Gasteiger partial charge < -0.3 is 13.9 Å². The van der Waals surface area contributed by atoms with Gasteiger partial charge in [-0.3, -0.25) is 4.57 Å². The SMILES string of the molecule is Cn1[c-][n+](-c2cccc(Oc3ccc4c5ccccc5n(C5=N/C=C\C=C/C=C\5C#N)c4c3)c2)c2ccccc21. The Morgan fingerprint density at radius 1 is 0.800 bits per heavy atom. The normalized spacial score (nSPS) is 17.4. The zero-order valence-corrected chi connectivity index (χ0v) is 21.7. The number of hydrogen-bond acceptors (Lipinski definition) is 3. The lowest BCUT2D eigenvalue weighted by Crippen LogP contribution is -2.29. The highest BCUT2D eigenvalue weighted by Gasteiger charge is 2.18. The summed E-state index contributed by atoms with van der Waals surface area (Å²) in [7, 11) is 1.99. The second kappa shape index (κ2) is 9.57. The average molecular weight is 518 g/mol. The van der Waals surface area contributed by atoms with Crippen LogP contribution in [0.3, 0.4) is 0 Å². The molecule has 0 radical (unpaired) electrons. The molecule has 0 atom stereocenters. The first kappa shape index (κ1) is 23.4. The average Bonchev–Trinajstić information content (AvgIpc) is 3.48. The fourth-order valence-electron chi connectivity index (χ4n) is 5.24. The molecule has 0 aliphatic carbocycles. The first-order valence-corrected chi connectivity index (χ1v) is 12.9. The Labute approximate surface area is 230 Å². The number of benzene rings is 4. The lowest BCUT2D eigenvalue weighted by Gasteiger charge is -2.12. The highest BCUT2D eigenvalue weighted by atomic mass is 16.5. The van der Waals surface area contributed by atoms with Crippen molar-refractivity contribution >= 4 is 38.7 Å². The second-order valence-corrected chi connectivity index (χ2v) is 9.49. The summed E-state index contributed by atoms with van der Waals surface area (Å²) in [6, 6.07) is 32.7. The molecule has 7 rings (SSSR count). The van der Waals surface area contributed by atoms with Crippen LogP contribution in [-0.2, 0) is 7.05 Å². The molecule has 40 heavy (non-hydrogen) atoms. The number of imidazole rings is 1. The molecular weight excluding hydrogens is 494 g/mol. The minimum atomic E-state index is 0.477. The molecule has 1 aliphatic heterocycles. The van der Waals surface area contributed by atoms with Crippen molar-refractivity contribution in [2.45, 2.75) is 0 Å². The van der Waals surface area contributed by atoms with Crippen molar-refractivity contribution in [3.63, 3.8) is 0 Å². The van der Waals surface area contributed by atoms with Gasteiger partial charge in [0.25, 0.3) is 0 Å². The number of nitrogens with zero attached hydrogens (tertiary/aromatic N) is 5. The molecule has 0 amide bonds. The molecule has 0 saturated heterocycles. The molecule has 0 N–H and O–H groups in total. The quantitative estimate of drug-likeness (QED) is 0.189. The minimum absolute atomic E-state index is 0.477. The number of fused-ring (bicyclic) bond motifs is 4. The number of hydrogen-bond donors (Lipinski definition) is 0. The van der Waals surface area contributed by atoms with Gasteiger partial charge in [0.1, 0.15) is 17.6 Å². The number of ether oxygens (including phenoxy) is 1. The fraction of sp³-hybridized carbons (Fsp3) is 0.0294. The summed E-state index contributed by atoms with van der Waals surface area (Å²) in [5.41, 5.74) is 5.48. The van der Waals surface area contributed by atoms with Gasteiger partial charge >= 0.3 is 0 Å². The molecule has 1 aliphatic rings. The lowest BCUT2D eigenvalue weighted by atomic mass is 10.1. The van der Waals surface area contributed by atoms with Gasteiger partial charge in [-0.15, -0.1) is 0 Å². The maximum atomic E-state index is 9.96. The van der Waals surface area contributed by atoms with E-state index in [1.165, 1.54) is 0 Å². The number of rotatable bonds is 3. The molecule has 190 valence electrons. The van der Waals surface area contributed by atoms with Crippen molar-refractivity contribution in [1.29, 1.82) is 5.26 Å². The molecule has 0 fully saturated rings. The standard InChI is InChI=1S/C34H23N5O/c1-37-23-38(32-16-7-6-15-31(32)37)25-11-9-12-26(20-25)40-27-17-18-29-28-13-4-5-14-30(28)39(33(29)21-27)34-24(22-35)10-3-2-8-19-36-34/h2-21H,1H3/b3-2-,8-2?,10-3?,19-8-,24-10-,34-24?,36-19?,36-34+. The van der Waals surface area contributed by atoms with E-state index in [1.54, 1.807) is 12.3 Å². The van der Waals surface area contributed by atoms with E-state index in [9.17, 15) is 5.26 Å². The Morgan fingerprint density at radius 2 is 1.60 bits per heavy atom. The Hall–Kier alpha value is -5.67. The van der Waals surface area contributed by atoms with Crippen LogP contribution >= 0.6 is 0 Å². The summed E-state index contributed by atoms with van der Waals surface area (Å²) in [5.74, 6) is 1.96. The third-order valence-corrected chi connectivity index (χ3v) is 7.03. The summed E-state index contributed by atoms with van der Waals surface area (Å²) >= 11 is 0. The highest BCUT2D eigenvalue weighted by Crippen LogP contribution is 2.34. The van der Waals surface area contributed by atoms with E-state index in [4.69, 9.17) is 4.74 Å². The van der Waals surface area contributed by atoms with Gasteiger partial charge in [0.2, 0.25) is 6.33 Å². The maximum absolute atomic E-state index is 9.96. The molecule has 0 bridgehead atoms. The van der Waals surface area contributed by atoms with E-state index in [2.05, 4.69) is 41.7 Å². The Balaban J connectivity index is 1.34. The number of aromatic nitrogens is 3. The number of aryl methyl sites for hydroxylation is 1. The van der Waals surface area contributed by atoms with Crippen molar-refractivity contribution in [2.75, 3.05) is 0 Å². The van der Waals surface area contributed by atoms with Crippen molar-refractivity contribution in [3.05, 3.63) is 133 Å². The molecule has 4 aromatic carbocycles. The third-order valence-electron chi connectivity index (χ3n) is 7.03. The van der Waals surface area contributed by atoms with E-state index < -0.39 is 0 Å². The Kier molecular flexibility index (Phi) is 5.61. The van der Waals surface area contributed by atoms with Gasteiger partial charge in [-0.25, -0.2) is 4.99 Å². The summed E-state index contributed by atoms with van der Waals surface area (Å²) in [6.45, 7) is 0. The molecule has 0 unspecified atom stereocenters. The topological polar surface area (TPSA) is 59.1 Å². The summed E-state index contributed by atoms with van der Waals surface area (Å²) in [6.07, 6.45) is 12.4. The van der Waals surface area contributed by atoms with Crippen molar-refractivity contribution < 1.29 is 9.30 Å². The van der Waals surface area contributed by atoms with Crippen LogP contribution in [0, 0.1) is 17.7 Å². The molecule has 0 spiro atoms. The van der Waals surface area contributed by atoms with E-state index in [0.29, 0.717) is 22.9 Å². The van der Waals surface area contributed by atoms with Crippen LogP contribution in [-0.4, -0.2) is 15.0 Å². The molecule has 2 aromatic heterocycles. The van der Waals surface area contributed by atoms with Crippen LogP contribution < -0.4 is 9.30 Å². The van der Waals surface area contributed by atoms with Gasteiger partial charge in [-0.2, -0.15) is 5.26 Å². The maximum Gasteiger partial charge on any atom is 0.244 e. The minimum Gasteiger partial charge on any atom is -0.458 e. The molecule has 6 aromatic rings. The van der Waals surface area contributed by atoms with Gasteiger partial charge in [-0.1, -0.05) is 66.7 Å². The van der Waals surface area contributed by atoms with E-state index >= 15 is 0 Å². The molecule has 3 heterocycles. The molecule has 6 heteroatoms. The zero-order chi connectivity index (χ0) is 27.1. The van der Waals surface area contributed by atoms with Crippen molar-refractivity contribution in [3.8, 4) is 23.3 Å². The second-order valence-electron chi connectivity index (χ2n) is 9.49. The predicted molar refractivity (Wildman–Crippen MR) is 158 cm³/mol. The lowest BCUT2D eigenvalue weighted by molar-refractivity contribution is -0.572. The van der Waals surface area contributed by atoms with Crippen LogP contribution in [0.15, 0.2) is 132 Å².